The predicted octanol–water partition coefficient (Wildman–Crippen LogP) is 3.59. The fourth-order valence-electron chi connectivity index (χ4n) is 4.71. The van der Waals surface area contributed by atoms with Gasteiger partial charge in [-0.3, -0.25) is 19.7 Å². The van der Waals surface area contributed by atoms with Crippen LogP contribution in [0.3, 0.4) is 0 Å². The smallest absolute Gasteiger partial charge is 0.287 e. The molecule has 2 bridgehead atoms. The van der Waals surface area contributed by atoms with Gasteiger partial charge in [-0.2, -0.15) is 10.1 Å². The number of carbonyl (C=O) groups is 2. The highest BCUT2D eigenvalue weighted by Crippen LogP contribution is 2.52. The van der Waals surface area contributed by atoms with Crippen molar-refractivity contribution in [1.29, 1.82) is 0 Å². The molecule has 0 unspecified atom stereocenters. The van der Waals surface area contributed by atoms with E-state index in [1.807, 2.05) is 12.2 Å². The third kappa shape index (κ3) is 3.52. The van der Waals surface area contributed by atoms with Crippen molar-refractivity contribution in [3.63, 3.8) is 0 Å². The maximum atomic E-state index is 12.9. The maximum absolute atomic E-state index is 12.9. The number of carbonyl (C=O) groups excluding carboxylic acids is 2. The van der Waals surface area contributed by atoms with Gasteiger partial charge in [-0.25, -0.2) is 4.98 Å². The van der Waals surface area contributed by atoms with Gasteiger partial charge in [0.2, 0.25) is 5.88 Å². The van der Waals surface area contributed by atoms with Crippen LogP contribution >= 0.6 is 11.6 Å². The van der Waals surface area contributed by atoms with Crippen LogP contribution in [0.25, 0.3) is 0 Å². The number of nitrogens with zero attached hydrogens (tertiary/aromatic N) is 4. The summed E-state index contributed by atoms with van der Waals surface area (Å²) >= 11 is 6.19. The van der Waals surface area contributed by atoms with Crippen LogP contribution in [0.5, 0.6) is 17.4 Å². The third-order valence-electron chi connectivity index (χ3n) is 6.17. The van der Waals surface area contributed by atoms with Crippen LogP contribution in [-0.2, 0) is 9.59 Å². The number of methoxy groups -OCH3 is 1. The number of halogens is 1. The lowest BCUT2D eigenvalue weighted by Crippen LogP contribution is -2.28. The summed E-state index contributed by atoms with van der Waals surface area (Å²) in [6, 6.07) is 5.64. The molecule has 3 aliphatic rings. The number of allylic oxidation sites excluding steroid dienone is 2. The fourth-order valence-corrected chi connectivity index (χ4v) is 4.93. The first-order valence-electron chi connectivity index (χ1n) is 10.1. The lowest BCUT2D eigenvalue weighted by molar-refractivity contribution is -0.385. The maximum Gasteiger partial charge on any atom is 0.287 e. The van der Waals surface area contributed by atoms with Gasteiger partial charge < -0.3 is 9.47 Å². The minimum atomic E-state index is -0.571. The number of aromatic nitrogens is 1. The van der Waals surface area contributed by atoms with Crippen molar-refractivity contribution < 1.29 is 24.0 Å². The van der Waals surface area contributed by atoms with Crippen LogP contribution in [0.2, 0.25) is 5.02 Å². The molecule has 1 aliphatic heterocycles. The number of fused-ring (bicyclic) bond motifs is 5. The van der Waals surface area contributed by atoms with Crippen LogP contribution < -0.4 is 9.47 Å². The van der Waals surface area contributed by atoms with E-state index < -0.39 is 4.92 Å². The van der Waals surface area contributed by atoms with E-state index in [4.69, 9.17) is 21.1 Å². The largest absolute Gasteiger partial charge is 0.493 e. The minimum absolute atomic E-state index is 0.0707. The van der Waals surface area contributed by atoms with E-state index in [1.54, 1.807) is 0 Å². The number of hydrogen-bond acceptors (Lipinski definition) is 8. The molecule has 1 saturated heterocycles. The Hall–Kier alpha value is -3.79. The minimum Gasteiger partial charge on any atom is -0.493 e. The molecular weight excluding hydrogens is 452 g/mol. The summed E-state index contributed by atoms with van der Waals surface area (Å²) in [7, 11) is 1.42. The molecule has 0 radical (unpaired) electrons. The molecule has 0 spiro atoms. The number of nitro groups is 1. The Labute approximate surface area is 192 Å². The average Bonchev–Trinajstić information content (AvgIpc) is 3.48. The second-order valence-corrected chi connectivity index (χ2v) is 8.41. The van der Waals surface area contributed by atoms with Gasteiger partial charge in [0.1, 0.15) is 6.20 Å². The van der Waals surface area contributed by atoms with Crippen LogP contribution in [-0.4, -0.2) is 40.1 Å². The van der Waals surface area contributed by atoms with E-state index in [-0.39, 0.29) is 58.6 Å². The molecule has 2 heterocycles. The summed E-state index contributed by atoms with van der Waals surface area (Å²) in [6.45, 7) is 0. The van der Waals surface area contributed by atoms with Gasteiger partial charge in [0, 0.05) is 28.8 Å². The highest BCUT2D eigenvalue weighted by Gasteiger charge is 2.59. The number of hydrazone groups is 1. The van der Waals surface area contributed by atoms with Crippen molar-refractivity contribution in [1.82, 2.24) is 9.99 Å². The van der Waals surface area contributed by atoms with E-state index >= 15 is 0 Å². The van der Waals surface area contributed by atoms with Crippen LogP contribution in [0, 0.1) is 33.8 Å². The lowest BCUT2D eigenvalue weighted by atomic mass is 9.85. The Morgan fingerprint density at radius 3 is 2.48 bits per heavy atom. The summed E-state index contributed by atoms with van der Waals surface area (Å²) in [5.41, 5.74) is 0.144. The van der Waals surface area contributed by atoms with Crippen molar-refractivity contribution in [2.24, 2.45) is 28.8 Å². The molecule has 33 heavy (non-hydrogen) atoms. The zero-order valence-corrected chi connectivity index (χ0v) is 18.0. The molecule has 1 aromatic carbocycles. The van der Waals surface area contributed by atoms with Gasteiger partial charge in [0.15, 0.2) is 11.5 Å². The quantitative estimate of drug-likeness (QED) is 0.208. The molecule has 2 amide bonds. The van der Waals surface area contributed by atoms with Gasteiger partial charge in [-0.1, -0.05) is 23.8 Å². The van der Waals surface area contributed by atoms with Crippen molar-refractivity contribution in [3.8, 4) is 17.4 Å². The highest BCUT2D eigenvalue weighted by atomic mass is 35.5. The molecule has 0 N–H and O–H groups in total. The number of rotatable bonds is 6. The van der Waals surface area contributed by atoms with Crippen molar-refractivity contribution in [2.75, 3.05) is 7.11 Å². The van der Waals surface area contributed by atoms with E-state index in [0.29, 0.717) is 10.6 Å². The SMILES string of the molecule is COc1cc(Cl)cc(C=NN2C(=O)[C@@H]3[C@H](C2=O)[C@H]2C=C[C@H]3C2)c1Oc1ccc([N+](=O)[O-])cn1. The zero-order valence-electron chi connectivity index (χ0n) is 17.3. The third-order valence-corrected chi connectivity index (χ3v) is 6.38. The first-order chi connectivity index (χ1) is 15.9. The molecule has 4 atom stereocenters. The molecule has 11 heteroatoms. The molecular formula is C22H17ClN4O6. The highest BCUT2D eigenvalue weighted by molar-refractivity contribution is 6.31. The molecule has 10 nitrogen and oxygen atoms in total. The zero-order chi connectivity index (χ0) is 23.3. The Bertz CT molecular complexity index is 1200. The molecule has 2 aliphatic carbocycles. The van der Waals surface area contributed by atoms with Crippen molar-refractivity contribution >= 4 is 35.3 Å². The number of ether oxygens (including phenoxy) is 2. The monoisotopic (exact) mass is 468 g/mol. The second kappa shape index (κ2) is 7.96. The molecule has 2 fully saturated rings. The Morgan fingerprint density at radius 2 is 1.91 bits per heavy atom. The number of amides is 2. The fraction of sp³-hybridized carbons (Fsp3) is 0.273. The predicted molar refractivity (Wildman–Crippen MR) is 116 cm³/mol. The molecule has 168 valence electrons. The average molecular weight is 469 g/mol. The Kier molecular flexibility index (Phi) is 5.09. The van der Waals surface area contributed by atoms with E-state index in [2.05, 4.69) is 10.1 Å². The summed E-state index contributed by atoms with van der Waals surface area (Å²) in [5.74, 6) is -0.697. The van der Waals surface area contributed by atoms with Crippen molar-refractivity contribution in [3.05, 3.63) is 63.3 Å². The standard InChI is InChI=1S/C22H17ClN4O6/c1-32-16-8-14(23)7-13(20(16)33-17-5-4-15(10-24-17)27(30)31)9-25-26-21(28)18-11-2-3-12(6-11)19(18)22(26)29/h2-5,7-12,18-19H,6H2,1H3/t11-,12-,18-,19+/m0/s1. The first-order valence-corrected chi connectivity index (χ1v) is 10.5. The molecule has 1 saturated carbocycles. The number of hydrogen-bond donors (Lipinski definition) is 0. The number of imide groups is 1. The van der Waals surface area contributed by atoms with Crippen molar-refractivity contribution in [2.45, 2.75) is 6.42 Å². The number of pyridine rings is 1. The van der Waals surface area contributed by atoms with Crippen LogP contribution in [0.4, 0.5) is 5.69 Å². The van der Waals surface area contributed by atoms with Gasteiger partial charge in [0.05, 0.1) is 30.1 Å². The van der Waals surface area contributed by atoms with Gasteiger partial charge in [-0.05, 0) is 24.3 Å². The number of benzene rings is 1. The summed E-state index contributed by atoms with van der Waals surface area (Å²) in [4.78, 5) is 40.0. The Morgan fingerprint density at radius 1 is 1.21 bits per heavy atom. The summed E-state index contributed by atoms with van der Waals surface area (Å²) < 4.78 is 11.2. The van der Waals surface area contributed by atoms with Crippen LogP contribution in [0.15, 0.2) is 47.7 Å². The Balaban J connectivity index is 1.45. The van der Waals surface area contributed by atoms with Gasteiger partial charge >= 0.3 is 0 Å². The second-order valence-electron chi connectivity index (χ2n) is 7.97. The van der Waals surface area contributed by atoms with Gasteiger partial charge in [-0.15, -0.1) is 0 Å². The normalized spacial score (nSPS) is 25.2. The molecule has 5 rings (SSSR count). The van der Waals surface area contributed by atoms with E-state index in [9.17, 15) is 19.7 Å². The molecule has 1 aromatic heterocycles. The first kappa shape index (κ1) is 21.1. The topological polar surface area (TPSA) is 124 Å². The molecule has 2 aromatic rings. The summed E-state index contributed by atoms with van der Waals surface area (Å²) in [5, 5.41) is 16.3. The van der Waals surface area contributed by atoms with Gasteiger partial charge in [0.25, 0.3) is 17.5 Å². The summed E-state index contributed by atoms with van der Waals surface area (Å²) in [6.07, 6.45) is 7.22. The van der Waals surface area contributed by atoms with Crippen LogP contribution in [0.1, 0.15) is 12.0 Å². The van der Waals surface area contributed by atoms with E-state index in [0.717, 1.165) is 17.6 Å². The lowest BCUT2D eigenvalue weighted by Gasteiger charge is -2.14. The van der Waals surface area contributed by atoms with E-state index in [1.165, 1.54) is 37.6 Å².